The Bertz CT molecular complexity index is 907. The normalized spacial score (nSPS) is 16.4. The Morgan fingerprint density at radius 3 is 3.00 bits per heavy atom. The quantitative estimate of drug-likeness (QED) is 0.662. The number of thiazole rings is 1. The number of carbonyl (C=O) groups excluding carboxylic acids is 1. The molecule has 0 radical (unpaired) electrons. The fourth-order valence-corrected chi connectivity index (χ4v) is 5.38. The summed E-state index contributed by atoms with van der Waals surface area (Å²) in [5.74, 6) is 0.658. The van der Waals surface area contributed by atoms with Gasteiger partial charge in [-0.3, -0.25) is 4.79 Å². The van der Waals surface area contributed by atoms with Crippen LogP contribution in [0.1, 0.15) is 35.9 Å². The van der Waals surface area contributed by atoms with E-state index >= 15 is 0 Å². The summed E-state index contributed by atoms with van der Waals surface area (Å²) >= 11 is 3.22. The van der Waals surface area contributed by atoms with Crippen LogP contribution >= 0.6 is 23.1 Å². The van der Waals surface area contributed by atoms with Crippen molar-refractivity contribution in [2.45, 2.75) is 36.6 Å². The van der Waals surface area contributed by atoms with Crippen molar-refractivity contribution in [2.75, 3.05) is 5.75 Å². The lowest BCUT2D eigenvalue weighted by Gasteiger charge is -2.26. The van der Waals surface area contributed by atoms with Crippen LogP contribution in [0.25, 0.3) is 10.2 Å². The van der Waals surface area contributed by atoms with Crippen LogP contribution in [-0.2, 0) is 11.2 Å². The predicted molar refractivity (Wildman–Crippen MR) is 105 cm³/mol. The summed E-state index contributed by atoms with van der Waals surface area (Å²) in [5.41, 5.74) is 1.93. The van der Waals surface area contributed by atoms with Crippen LogP contribution < -0.4 is 5.32 Å². The van der Waals surface area contributed by atoms with E-state index in [-0.39, 0.29) is 17.8 Å². The molecule has 2 heterocycles. The molecule has 0 saturated carbocycles. The third kappa shape index (κ3) is 3.76. The first-order valence-electron chi connectivity index (χ1n) is 8.76. The average Bonchev–Trinajstić information content (AvgIpc) is 3.05. The number of aromatic nitrogens is 1. The van der Waals surface area contributed by atoms with Gasteiger partial charge in [-0.25, -0.2) is 9.37 Å². The number of nitrogens with one attached hydrogen (secondary N) is 1. The molecular formula is C20H19FN2OS2. The van der Waals surface area contributed by atoms with E-state index in [1.807, 2.05) is 24.3 Å². The first-order valence-corrected chi connectivity index (χ1v) is 10.6. The molecule has 4 rings (SSSR count). The number of rotatable bonds is 5. The van der Waals surface area contributed by atoms with Crippen LogP contribution in [0, 0.1) is 5.82 Å². The second-order valence-electron chi connectivity index (χ2n) is 6.34. The van der Waals surface area contributed by atoms with Gasteiger partial charge >= 0.3 is 0 Å². The molecule has 6 heteroatoms. The Morgan fingerprint density at radius 2 is 2.12 bits per heavy atom. The van der Waals surface area contributed by atoms with Gasteiger partial charge in [0.05, 0.1) is 21.3 Å². The van der Waals surface area contributed by atoms with E-state index in [1.165, 1.54) is 22.5 Å². The van der Waals surface area contributed by atoms with E-state index in [0.717, 1.165) is 41.1 Å². The number of amides is 1. The number of halogens is 1. The zero-order chi connectivity index (χ0) is 17.9. The van der Waals surface area contributed by atoms with E-state index in [0.29, 0.717) is 11.3 Å². The minimum absolute atomic E-state index is 0.0261. The van der Waals surface area contributed by atoms with Gasteiger partial charge < -0.3 is 5.32 Å². The Labute approximate surface area is 160 Å². The number of para-hydroxylation sites is 1. The van der Waals surface area contributed by atoms with Gasteiger partial charge in [0.15, 0.2) is 0 Å². The number of nitrogens with zero attached hydrogens (tertiary/aromatic N) is 1. The topological polar surface area (TPSA) is 42.0 Å². The molecule has 0 fully saturated rings. The molecule has 1 aliphatic heterocycles. The van der Waals surface area contributed by atoms with E-state index < -0.39 is 0 Å². The molecule has 1 amide bonds. The first-order chi connectivity index (χ1) is 12.7. The number of thioether (sulfide) groups is 1. The molecule has 2 aromatic carbocycles. The molecule has 134 valence electrons. The highest BCUT2D eigenvalue weighted by molar-refractivity contribution is 7.99. The highest BCUT2D eigenvalue weighted by Gasteiger charge is 2.24. The maximum Gasteiger partial charge on any atom is 0.220 e. The Morgan fingerprint density at radius 1 is 1.23 bits per heavy atom. The highest BCUT2D eigenvalue weighted by atomic mass is 32.2. The molecule has 3 nitrogen and oxygen atoms in total. The van der Waals surface area contributed by atoms with Crippen molar-refractivity contribution in [1.82, 2.24) is 10.3 Å². The van der Waals surface area contributed by atoms with Crippen LogP contribution in [0.3, 0.4) is 0 Å². The first kappa shape index (κ1) is 17.5. The van der Waals surface area contributed by atoms with Crippen LogP contribution in [0.4, 0.5) is 4.39 Å². The number of fused-ring (bicyclic) bond motifs is 2. The third-order valence-corrected chi connectivity index (χ3v) is 6.75. The second kappa shape index (κ2) is 7.76. The molecule has 3 aromatic rings. The van der Waals surface area contributed by atoms with Gasteiger partial charge in [-0.1, -0.05) is 24.3 Å². The lowest BCUT2D eigenvalue weighted by Crippen LogP contribution is -2.30. The molecule has 0 unspecified atom stereocenters. The van der Waals surface area contributed by atoms with Crippen molar-refractivity contribution in [3.8, 4) is 0 Å². The summed E-state index contributed by atoms with van der Waals surface area (Å²) in [7, 11) is 0. The van der Waals surface area contributed by atoms with Crippen molar-refractivity contribution in [2.24, 2.45) is 0 Å². The molecule has 0 bridgehead atoms. The average molecular weight is 387 g/mol. The molecule has 0 aliphatic carbocycles. The van der Waals surface area contributed by atoms with Crippen molar-refractivity contribution < 1.29 is 9.18 Å². The molecule has 26 heavy (non-hydrogen) atoms. The molecule has 0 saturated heterocycles. The SMILES string of the molecule is O=C(CCCc1nc2ccccc2s1)N[C@H]1CCSc2c(F)cccc21. The van der Waals surface area contributed by atoms with Crippen molar-refractivity contribution in [3.05, 3.63) is 58.9 Å². The number of hydrogen-bond acceptors (Lipinski definition) is 4. The van der Waals surface area contributed by atoms with Gasteiger partial charge in [-0.2, -0.15) is 0 Å². The van der Waals surface area contributed by atoms with Gasteiger partial charge in [0.2, 0.25) is 5.91 Å². The maximum atomic E-state index is 13.9. The largest absolute Gasteiger partial charge is 0.349 e. The predicted octanol–water partition coefficient (Wildman–Crippen LogP) is 5.11. The summed E-state index contributed by atoms with van der Waals surface area (Å²) in [6.45, 7) is 0. The van der Waals surface area contributed by atoms with Gasteiger partial charge in [-0.15, -0.1) is 23.1 Å². The van der Waals surface area contributed by atoms with E-state index in [9.17, 15) is 9.18 Å². The Kier molecular flexibility index (Phi) is 5.22. The summed E-state index contributed by atoms with van der Waals surface area (Å²) in [5, 5.41) is 4.15. The minimum atomic E-state index is -0.192. The monoisotopic (exact) mass is 386 g/mol. The van der Waals surface area contributed by atoms with Gasteiger partial charge in [0.25, 0.3) is 0 Å². The van der Waals surface area contributed by atoms with Crippen molar-refractivity contribution in [3.63, 3.8) is 0 Å². The van der Waals surface area contributed by atoms with Crippen molar-refractivity contribution >= 4 is 39.2 Å². The second-order valence-corrected chi connectivity index (χ2v) is 8.56. The van der Waals surface area contributed by atoms with E-state index in [2.05, 4.69) is 16.4 Å². The minimum Gasteiger partial charge on any atom is -0.349 e. The fourth-order valence-electron chi connectivity index (χ4n) is 3.23. The van der Waals surface area contributed by atoms with Crippen LogP contribution in [-0.4, -0.2) is 16.6 Å². The number of benzene rings is 2. The number of hydrogen-bond donors (Lipinski definition) is 1. The summed E-state index contributed by atoms with van der Waals surface area (Å²) in [4.78, 5) is 17.6. The van der Waals surface area contributed by atoms with Gasteiger partial charge in [-0.05, 0) is 43.0 Å². The zero-order valence-corrected chi connectivity index (χ0v) is 15.8. The number of carbonyl (C=O) groups is 1. The molecule has 1 aromatic heterocycles. The zero-order valence-electron chi connectivity index (χ0n) is 14.2. The third-order valence-electron chi connectivity index (χ3n) is 4.49. The van der Waals surface area contributed by atoms with E-state index in [1.54, 1.807) is 17.4 Å². The lowest BCUT2D eigenvalue weighted by atomic mass is 10.0. The molecule has 1 atom stereocenters. The standard InChI is InChI=1S/C20H19FN2OS2/c21-14-6-3-5-13-15(11-12-25-20(13)14)22-18(24)9-4-10-19-23-16-7-1-2-8-17(16)26-19/h1-3,5-8,15H,4,9-12H2,(H,22,24)/t15-/m0/s1. The highest BCUT2D eigenvalue weighted by Crippen LogP contribution is 2.37. The maximum absolute atomic E-state index is 13.9. The van der Waals surface area contributed by atoms with Crippen LogP contribution in [0.5, 0.6) is 0 Å². The molecule has 0 spiro atoms. The lowest BCUT2D eigenvalue weighted by molar-refractivity contribution is -0.122. The van der Waals surface area contributed by atoms with Gasteiger partial charge in [0, 0.05) is 17.1 Å². The summed E-state index contributed by atoms with van der Waals surface area (Å²) in [6, 6.07) is 13.1. The summed E-state index contributed by atoms with van der Waals surface area (Å²) in [6.07, 6.45) is 2.87. The Balaban J connectivity index is 1.33. The summed E-state index contributed by atoms with van der Waals surface area (Å²) < 4.78 is 15.1. The Hall–Kier alpha value is -1.92. The molecule has 1 aliphatic rings. The molecule has 1 N–H and O–H groups in total. The smallest absolute Gasteiger partial charge is 0.220 e. The molecular weight excluding hydrogens is 367 g/mol. The van der Waals surface area contributed by atoms with Crippen LogP contribution in [0.15, 0.2) is 47.4 Å². The van der Waals surface area contributed by atoms with Crippen LogP contribution in [0.2, 0.25) is 0 Å². The number of aryl methyl sites for hydroxylation is 1. The van der Waals surface area contributed by atoms with E-state index in [4.69, 9.17) is 0 Å². The van der Waals surface area contributed by atoms with Gasteiger partial charge in [0.1, 0.15) is 5.82 Å². The van der Waals surface area contributed by atoms with Crippen molar-refractivity contribution in [1.29, 1.82) is 0 Å². The fraction of sp³-hybridized carbons (Fsp3) is 0.300.